The Kier molecular flexibility index (Phi) is 4.94. The first-order valence-electron chi connectivity index (χ1n) is 6.08. The molecule has 6 nitrogen and oxygen atoms in total. The predicted octanol–water partition coefficient (Wildman–Crippen LogP) is 3.20. The van der Waals surface area contributed by atoms with Crippen LogP contribution in [0.3, 0.4) is 0 Å². The van der Waals surface area contributed by atoms with Gasteiger partial charge in [0.05, 0.1) is 5.56 Å². The molecule has 0 aliphatic carbocycles. The highest BCUT2D eigenvalue weighted by atomic mass is 127. The van der Waals surface area contributed by atoms with E-state index >= 15 is 0 Å². The minimum absolute atomic E-state index is 0.229. The number of para-hydroxylation sites is 1. The van der Waals surface area contributed by atoms with Gasteiger partial charge in [-0.05, 0) is 86.0 Å². The number of hydrogen-bond acceptors (Lipinski definition) is 6. The molecule has 1 aliphatic heterocycles. The first-order valence-corrected chi connectivity index (χ1v) is 12.2. The van der Waals surface area contributed by atoms with Gasteiger partial charge in [-0.25, -0.2) is 8.42 Å². The van der Waals surface area contributed by atoms with Crippen molar-refractivity contribution in [1.29, 1.82) is 0 Å². The van der Waals surface area contributed by atoms with Crippen LogP contribution >= 0.6 is 67.8 Å². The number of carbonyl (C=O) groups excluding carboxylic acids is 1. The van der Waals surface area contributed by atoms with Crippen LogP contribution in [0.15, 0.2) is 40.1 Å². The van der Waals surface area contributed by atoms with Crippen molar-refractivity contribution in [3.63, 3.8) is 0 Å². The van der Waals surface area contributed by atoms with Crippen LogP contribution in [-0.4, -0.2) is 22.0 Å². The Morgan fingerprint density at radius 1 is 0.917 bits per heavy atom. The molecule has 2 aromatic rings. The number of benzene rings is 2. The van der Waals surface area contributed by atoms with E-state index in [0.29, 0.717) is 3.57 Å². The maximum Gasteiger partial charge on any atom is 0.341 e. The lowest BCUT2D eigenvalue weighted by atomic mass is 10.2. The van der Waals surface area contributed by atoms with E-state index in [2.05, 4.69) is 0 Å². The fourth-order valence-corrected chi connectivity index (χ4v) is 8.60. The number of sulfone groups is 1. The molecule has 1 heterocycles. The molecule has 0 N–H and O–H groups in total. The minimum atomic E-state index is -4.44. The van der Waals surface area contributed by atoms with Gasteiger partial charge in [0.2, 0.25) is 9.84 Å². The van der Waals surface area contributed by atoms with E-state index in [1.165, 1.54) is 18.2 Å². The molecular formula is C13H5I3O6S2. The molecule has 3 rings (SSSR count). The van der Waals surface area contributed by atoms with Crippen LogP contribution < -0.4 is 4.18 Å². The minimum Gasteiger partial charge on any atom is -0.378 e. The van der Waals surface area contributed by atoms with E-state index in [1.54, 1.807) is 51.2 Å². The number of fused-ring (bicyclic) bond motifs is 2. The largest absolute Gasteiger partial charge is 0.378 e. The van der Waals surface area contributed by atoms with Gasteiger partial charge in [0.1, 0.15) is 9.79 Å². The highest BCUT2D eigenvalue weighted by Gasteiger charge is 2.41. The third-order valence-corrected chi connectivity index (χ3v) is 10.3. The molecule has 0 aromatic heterocycles. The summed E-state index contributed by atoms with van der Waals surface area (Å²) in [6.45, 7) is 0. The van der Waals surface area contributed by atoms with Crippen molar-refractivity contribution in [1.82, 2.24) is 0 Å². The molecule has 0 amide bonds. The molecule has 1 aliphatic rings. The Morgan fingerprint density at radius 3 is 2.21 bits per heavy atom. The van der Waals surface area contributed by atoms with Crippen molar-refractivity contribution in [3.05, 3.63) is 46.6 Å². The number of halogens is 3. The van der Waals surface area contributed by atoms with Crippen molar-refractivity contribution in [2.45, 2.75) is 9.79 Å². The Hall–Kier alpha value is 0.000000000000000222. The van der Waals surface area contributed by atoms with E-state index in [0.717, 1.165) is 6.07 Å². The fourth-order valence-electron chi connectivity index (χ4n) is 2.13. The summed E-state index contributed by atoms with van der Waals surface area (Å²) in [5.74, 6) is -0.388. The molecule has 0 radical (unpaired) electrons. The number of rotatable bonds is 0. The second kappa shape index (κ2) is 6.31. The van der Waals surface area contributed by atoms with Gasteiger partial charge < -0.3 is 4.18 Å². The van der Waals surface area contributed by atoms with Gasteiger partial charge >= 0.3 is 10.1 Å². The van der Waals surface area contributed by atoms with Gasteiger partial charge in [0.25, 0.3) is 5.12 Å². The molecule has 0 unspecified atom stereocenters. The van der Waals surface area contributed by atoms with Gasteiger partial charge in [-0.3, -0.25) is 4.79 Å². The third kappa shape index (κ3) is 2.88. The second-order valence-corrected chi connectivity index (χ2v) is 11.3. The van der Waals surface area contributed by atoms with E-state index in [-0.39, 0.29) is 18.5 Å². The zero-order chi connectivity index (χ0) is 17.9. The van der Waals surface area contributed by atoms with Crippen LogP contribution in [0.1, 0.15) is 10.4 Å². The average molecular weight is 702 g/mol. The normalized spacial score (nSPS) is 17.9. The zero-order valence-corrected chi connectivity index (χ0v) is 19.4. The topological polar surface area (TPSA) is 94.6 Å². The molecule has 11 heteroatoms. The van der Waals surface area contributed by atoms with Gasteiger partial charge in [-0.2, -0.15) is 8.42 Å². The summed E-state index contributed by atoms with van der Waals surface area (Å²) in [6.07, 6.45) is 0. The fraction of sp³-hybridized carbons (Fsp3) is 0. The monoisotopic (exact) mass is 702 g/mol. The summed E-state index contributed by atoms with van der Waals surface area (Å²) in [4.78, 5) is 11.8. The van der Waals surface area contributed by atoms with Crippen LogP contribution in [0.2, 0.25) is 0 Å². The average Bonchev–Trinajstić information content (AvgIpc) is 2.48. The van der Waals surface area contributed by atoms with Gasteiger partial charge in [0, 0.05) is 10.7 Å². The van der Waals surface area contributed by atoms with Gasteiger partial charge in [0.15, 0.2) is 5.75 Å². The Bertz CT molecular complexity index is 1110. The Labute approximate surface area is 178 Å². The van der Waals surface area contributed by atoms with Crippen LogP contribution in [0, 0.1) is 10.7 Å². The Balaban J connectivity index is 2.53. The molecule has 0 saturated heterocycles. The van der Waals surface area contributed by atoms with Gasteiger partial charge in [-0.15, -0.1) is 0 Å². The summed E-state index contributed by atoms with van der Waals surface area (Å²) in [5.41, 5.74) is -0.380. The molecule has 0 spiro atoms. The van der Waals surface area contributed by atoms with E-state index < -0.39 is 34.9 Å². The molecule has 24 heavy (non-hydrogen) atoms. The molecule has 0 atom stereocenters. The summed E-state index contributed by atoms with van der Waals surface area (Å²) >= 11 is 5.43. The molecule has 0 fully saturated rings. The summed E-state index contributed by atoms with van der Waals surface area (Å²) in [6, 6.07) is 6.73. The maximum absolute atomic E-state index is 12.7. The predicted molar refractivity (Wildman–Crippen MR) is 110 cm³/mol. The highest BCUT2D eigenvalue weighted by molar-refractivity contribution is 14.1. The number of hydrogen-bond donors (Lipinski definition) is 0. The smallest absolute Gasteiger partial charge is 0.341 e. The van der Waals surface area contributed by atoms with Crippen molar-refractivity contribution >= 4 is 92.8 Å². The van der Waals surface area contributed by atoms with Crippen molar-refractivity contribution in [2.24, 2.45) is 0 Å². The maximum atomic E-state index is 12.7. The molecular weight excluding hydrogens is 697 g/mol. The summed E-state index contributed by atoms with van der Waals surface area (Å²) in [5, 5.41) is -1.25. The van der Waals surface area contributed by atoms with Crippen molar-refractivity contribution < 1.29 is 25.8 Å². The van der Waals surface area contributed by atoms with Crippen LogP contribution in [-0.2, 0) is 20.0 Å². The lowest BCUT2D eigenvalue weighted by Gasteiger charge is -2.19. The third-order valence-electron chi connectivity index (χ3n) is 3.16. The molecule has 0 saturated carbocycles. The standard InChI is InChI=1S/C13H5I3O6S2/c14-6-5-7(15)11(16)12-10(6)13(17)23(18,19)9-4-2-1-3-8(9)22-24(12,20)21/h1-5H. The van der Waals surface area contributed by atoms with Crippen molar-refractivity contribution in [2.75, 3.05) is 0 Å². The van der Waals surface area contributed by atoms with Crippen LogP contribution in [0.4, 0.5) is 0 Å². The molecule has 2 aromatic carbocycles. The van der Waals surface area contributed by atoms with E-state index in [9.17, 15) is 21.6 Å². The summed E-state index contributed by atoms with van der Waals surface area (Å²) < 4.78 is 56.9. The van der Waals surface area contributed by atoms with Crippen LogP contribution in [0.25, 0.3) is 0 Å². The summed E-state index contributed by atoms with van der Waals surface area (Å²) in [7, 11) is -8.81. The first kappa shape index (κ1) is 18.8. The second-order valence-electron chi connectivity index (χ2n) is 4.63. The van der Waals surface area contributed by atoms with E-state index in [4.69, 9.17) is 4.18 Å². The van der Waals surface area contributed by atoms with Gasteiger partial charge in [-0.1, -0.05) is 12.1 Å². The quantitative estimate of drug-likeness (QED) is 0.238. The van der Waals surface area contributed by atoms with Crippen LogP contribution in [0.5, 0.6) is 5.75 Å². The molecule has 0 bridgehead atoms. The zero-order valence-electron chi connectivity index (χ0n) is 11.3. The number of carbonyl (C=O) groups is 1. The lowest BCUT2D eigenvalue weighted by Crippen LogP contribution is -2.27. The van der Waals surface area contributed by atoms with E-state index in [1.807, 2.05) is 22.6 Å². The lowest BCUT2D eigenvalue weighted by molar-refractivity contribution is 0.107. The first-order chi connectivity index (χ1) is 11.1. The Morgan fingerprint density at radius 2 is 1.54 bits per heavy atom. The van der Waals surface area contributed by atoms with Crippen molar-refractivity contribution in [3.8, 4) is 5.75 Å². The molecule has 126 valence electrons. The highest BCUT2D eigenvalue weighted by Crippen LogP contribution is 2.39. The SMILES string of the molecule is O=C1c2c(I)cc(I)c(I)c2S(=O)(=O)Oc2ccccc2S1(=O)=O.